The number of piperidine rings is 1. The van der Waals surface area contributed by atoms with Gasteiger partial charge in [0.25, 0.3) is 0 Å². The van der Waals surface area contributed by atoms with Gasteiger partial charge in [-0.1, -0.05) is 36.4 Å². The third-order valence-corrected chi connectivity index (χ3v) is 3.89. The Morgan fingerprint density at radius 2 is 2.00 bits per heavy atom. The Hall–Kier alpha value is -1.61. The molecule has 0 saturated carbocycles. The van der Waals surface area contributed by atoms with E-state index in [1.165, 1.54) is 18.4 Å². The molecule has 1 aromatic rings. The molecule has 1 aliphatic heterocycles. The summed E-state index contributed by atoms with van der Waals surface area (Å²) >= 11 is 0. The summed E-state index contributed by atoms with van der Waals surface area (Å²) < 4.78 is 0. The number of benzene rings is 1. The van der Waals surface area contributed by atoms with Crippen molar-refractivity contribution in [2.24, 2.45) is 5.92 Å². The predicted octanol–water partition coefficient (Wildman–Crippen LogP) is 2.24. The molecule has 1 aliphatic rings. The summed E-state index contributed by atoms with van der Waals surface area (Å²) in [5.41, 5.74) is 1.43. The number of carbonyl (C=O) groups excluding carboxylic acids is 1. The zero-order valence-corrected chi connectivity index (χ0v) is 12.1. The summed E-state index contributed by atoms with van der Waals surface area (Å²) in [6, 6.07) is 10.7. The molecule has 0 aliphatic carbocycles. The Balaban J connectivity index is 1.70. The first kappa shape index (κ1) is 14.8. The van der Waals surface area contributed by atoms with Crippen LogP contribution in [-0.2, 0) is 11.2 Å². The van der Waals surface area contributed by atoms with E-state index in [2.05, 4.69) is 47.1 Å². The molecule has 0 bridgehead atoms. The van der Waals surface area contributed by atoms with Crippen LogP contribution in [0.5, 0.6) is 0 Å². The molecular weight excluding hydrogens is 248 g/mol. The average molecular weight is 272 g/mol. The van der Waals surface area contributed by atoms with Gasteiger partial charge in [0, 0.05) is 6.54 Å². The molecule has 20 heavy (non-hydrogen) atoms. The van der Waals surface area contributed by atoms with E-state index in [1.807, 2.05) is 0 Å². The van der Waals surface area contributed by atoms with Gasteiger partial charge in [0.15, 0.2) is 0 Å². The third-order valence-electron chi connectivity index (χ3n) is 3.89. The zero-order valence-electron chi connectivity index (χ0n) is 12.1. The first-order chi connectivity index (χ1) is 9.78. The number of hydrogen-bond donors (Lipinski definition) is 1. The molecule has 0 unspecified atom stereocenters. The van der Waals surface area contributed by atoms with Gasteiger partial charge in [-0.05, 0) is 43.8 Å². The van der Waals surface area contributed by atoms with Crippen LogP contribution in [-0.4, -0.2) is 37.0 Å². The van der Waals surface area contributed by atoms with Gasteiger partial charge in [-0.15, -0.1) is 6.58 Å². The maximum atomic E-state index is 11.6. The van der Waals surface area contributed by atoms with E-state index >= 15 is 0 Å². The van der Waals surface area contributed by atoms with E-state index in [4.69, 9.17) is 0 Å². The smallest absolute Gasteiger partial charge is 0.234 e. The summed E-state index contributed by atoms with van der Waals surface area (Å²) in [7, 11) is 0. The Labute approximate surface area is 121 Å². The van der Waals surface area contributed by atoms with Gasteiger partial charge in [-0.25, -0.2) is 0 Å². The summed E-state index contributed by atoms with van der Waals surface area (Å²) in [5.74, 6) is 0.858. The van der Waals surface area contributed by atoms with Crippen LogP contribution in [0, 0.1) is 5.92 Å². The summed E-state index contributed by atoms with van der Waals surface area (Å²) in [5, 5.41) is 2.83. The van der Waals surface area contributed by atoms with Crippen LogP contribution < -0.4 is 5.32 Å². The maximum Gasteiger partial charge on any atom is 0.234 e. The fourth-order valence-corrected chi connectivity index (χ4v) is 2.74. The molecule has 1 fully saturated rings. The Bertz CT molecular complexity index is 422. The number of amides is 1. The van der Waals surface area contributed by atoms with Gasteiger partial charge in [-0.3, -0.25) is 9.69 Å². The number of carbonyl (C=O) groups is 1. The van der Waals surface area contributed by atoms with Crippen molar-refractivity contribution in [2.45, 2.75) is 19.3 Å². The van der Waals surface area contributed by atoms with Crippen LogP contribution in [0.3, 0.4) is 0 Å². The minimum absolute atomic E-state index is 0.103. The lowest BCUT2D eigenvalue weighted by atomic mass is 9.90. The quantitative estimate of drug-likeness (QED) is 0.806. The number of rotatable bonds is 6. The lowest BCUT2D eigenvalue weighted by molar-refractivity contribution is -0.122. The van der Waals surface area contributed by atoms with Crippen LogP contribution in [0.2, 0.25) is 0 Å². The second-order valence-corrected chi connectivity index (χ2v) is 5.50. The molecule has 1 heterocycles. The molecule has 1 aromatic carbocycles. The monoisotopic (exact) mass is 272 g/mol. The van der Waals surface area contributed by atoms with E-state index in [0.29, 0.717) is 13.1 Å². The van der Waals surface area contributed by atoms with Crippen molar-refractivity contribution in [1.29, 1.82) is 0 Å². The molecular formula is C17H24N2O. The highest BCUT2D eigenvalue weighted by molar-refractivity contribution is 5.78. The van der Waals surface area contributed by atoms with Crippen molar-refractivity contribution in [3.8, 4) is 0 Å². The largest absolute Gasteiger partial charge is 0.352 e. The van der Waals surface area contributed by atoms with Gasteiger partial charge in [-0.2, -0.15) is 0 Å². The highest BCUT2D eigenvalue weighted by Crippen LogP contribution is 2.21. The maximum absolute atomic E-state index is 11.6. The molecule has 3 nitrogen and oxygen atoms in total. The number of nitrogens with zero attached hydrogens (tertiary/aromatic N) is 1. The molecule has 1 N–H and O–H groups in total. The molecule has 0 spiro atoms. The minimum atomic E-state index is 0.103. The second-order valence-electron chi connectivity index (χ2n) is 5.50. The number of nitrogens with one attached hydrogen (secondary N) is 1. The zero-order chi connectivity index (χ0) is 14.2. The highest BCUT2D eigenvalue weighted by atomic mass is 16.2. The van der Waals surface area contributed by atoms with Crippen molar-refractivity contribution in [1.82, 2.24) is 10.2 Å². The summed E-state index contributed by atoms with van der Waals surface area (Å²) in [6.07, 6.45) is 5.24. The topological polar surface area (TPSA) is 32.3 Å². The van der Waals surface area contributed by atoms with Gasteiger partial charge in [0.2, 0.25) is 5.91 Å². The molecule has 1 amide bonds. The lowest BCUT2D eigenvalue weighted by Gasteiger charge is -2.31. The van der Waals surface area contributed by atoms with Crippen molar-refractivity contribution in [3.05, 3.63) is 48.6 Å². The first-order valence-corrected chi connectivity index (χ1v) is 7.42. The second kappa shape index (κ2) is 7.85. The molecule has 2 rings (SSSR count). The van der Waals surface area contributed by atoms with E-state index in [9.17, 15) is 4.79 Å². The molecule has 3 heteroatoms. The Morgan fingerprint density at radius 1 is 1.30 bits per heavy atom. The number of likely N-dealkylation sites (tertiary alicyclic amines) is 1. The fraction of sp³-hybridized carbons (Fsp3) is 0.471. The van der Waals surface area contributed by atoms with Crippen LogP contribution in [0.1, 0.15) is 18.4 Å². The molecule has 1 saturated heterocycles. The van der Waals surface area contributed by atoms with Crippen molar-refractivity contribution >= 4 is 5.91 Å². The Kier molecular flexibility index (Phi) is 5.81. The van der Waals surface area contributed by atoms with Crippen molar-refractivity contribution in [3.63, 3.8) is 0 Å². The molecule has 0 radical (unpaired) electrons. The van der Waals surface area contributed by atoms with Crippen molar-refractivity contribution in [2.75, 3.05) is 26.2 Å². The van der Waals surface area contributed by atoms with E-state index in [0.717, 1.165) is 25.4 Å². The van der Waals surface area contributed by atoms with Crippen LogP contribution in [0.4, 0.5) is 0 Å². The minimum Gasteiger partial charge on any atom is -0.352 e. The van der Waals surface area contributed by atoms with E-state index < -0.39 is 0 Å². The van der Waals surface area contributed by atoms with Crippen LogP contribution >= 0.6 is 0 Å². The molecule has 0 atom stereocenters. The number of hydrogen-bond acceptors (Lipinski definition) is 2. The Morgan fingerprint density at radius 3 is 2.65 bits per heavy atom. The highest BCUT2D eigenvalue weighted by Gasteiger charge is 2.20. The molecule has 108 valence electrons. The van der Waals surface area contributed by atoms with Crippen LogP contribution in [0.25, 0.3) is 0 Å². The summed E-state index contributed by atoms with van der Waals surface area (Å²) in [4.78, 5) is 13.9. The SMILES string of the molecule is C=CCNC(=O)CN1CCC(Cc2ccccc2)CC1. The van der Waals surface area contributed by atoms with E-state index in [-0.39, 0.29) is 5.91 Å². The average Bonchev–Trinajstić information content (AvgIpc) is 2.48. The van der Waals surface area contributed by atoms with E-state index in [1.54, 1.807) is 6.08 Å². The third kappa shape index (κ3) is 4.82. The lowest BCUT2D eigenvalue weighted by Crippen LogP contribution is -2.41. The standard InChI is InChI=1S/C17H24N2O/c1-2-10-18-17(20)14-19-11-8-16(9-12-19)13-15-6-4-3-5-7-15/h2-7,16H,1,8-14H2,(H,18,20). The van der Waals surface area contributed by atoms with Gasteiger partial charge in [0.1, 0.15) is 0 Å². The predicted molar refractivity (Wildman–Crippen MR) is 82.5 cm³/mol. The van der Waals surface area contributed by atoms with Gasteiger partial charge >= 0.3 is 0 Å². The fourth-order valence-electron chi connectivity index (χ4n) is 2.74. The van der Waals surface area contributed by atoms with Gasteiger partial charge < -0.3 is 5.32 Å². The summed E-state index contributed by atoms with van der Waals surface area (Å²) in [6.45, 7) is 6.73. The normalized spacial score (nSPS) is 16.8. The van der Waals surface area contributed by atoms with Crippen LogP contribution in [0.15, 0.2) is 43.0 Å². The first-order valence-electron chi connectivity index (χ1n) is 7.42. The molecule has 0 aromatic heterocycles. The van der Waals surface area contributed by atoms with Gasteiger partial charge in [0.05, 0.1) is 6.54 Å². The van der Waals surface area contributed by atoms with Crippen molar-refractivity contribution < 1.29 is 4.79 Å².